The molecule has 0 aromatic carbocycles. The molecule has 0 aromatic heterocycles. The predicted molar refractivity (Wildman–Crippen MR) is 69.8 cm³/mol. The molecule has 3 N–H and O–H groups in total. The van der Waals surface area contributed by atoms with Gasteiger partial charge < -0.3 is 15.7 Å². The molecule has 1 aliphatic carbocycles. The Labute approximate surface area is 121 Å². The zero-order chi connectivity index (χ0) is 15.9. The van der Waals surface area contributed by atoms with Crippen LogP contribution in [0.5, 0.6) is 0 Å². The zero-order valence-corrected chi connectivity index (χ0v) is 11.7. The van der Waals surface area contributed by atoms with Crippen LogP contribution in [0.3, 0.4) is 0 Å². The first kappa shape index (κ1) is 17.6. The van der Waals surface area contributed by atoms with Crippen LogP contribution in [0.2, 0.25) is 0 Å². The first-order valence-electron chi connectivity index (χ1n) is 7.09. The van der Waals surface area contributed by atoms with E-state index in [1.165, 1.54) is 0 Å². The van der Waals surface area contributed by atoms with Crippen molar-refractivity contribution in [2.45, 2.75) is 44.7 Å². The van der Waals surface area contributed by atoms with Crippen molar-refractivity contribution in [1.82, 2.24) is 10.6 Å². The van der Waals surface area contributed by atoms with Crippen molar-refractivity contribution < 1.29 is 27.9 Å². The van der Waals surface area contributed by atoms with E-state index in [9.17, 15) is 22.8 Å². The average molecular weight is 310 g/mol. The maximum absolute atomic E-state index is 11.9. The first-order valence-corrected chi connectivity index (χ1v) is 7.09. The van der Waals surface area contributed by atoms with Crippen LogP contribution >= 0.6 is 0 Å². The van der Waals surface area contributed by atoms with Crippen molar-refractivity contribution >= 4 is 12.0 Å². The lowest BCUT2D eigenvalue weighted by Gasteiger charge is -2.26. The summed E-state index contributed by atoms with van der Waals surface area (Å²) in [5.74, 6) is -0.831. The smallest absolute Gasteiger partial charge is 0.389 e. The van der Waals surface area contributed by atoms with Crippen LogP contribution in [-0.2, 0) is 4.79 Å². The largest absolute Gasteiger partial charge is 0.481 e. The second kappa shape index (κ2) is 8.09. The molecule has 0 spiro atoms. The number of carbonyl (C=O) groups is 2. The van der Waals surface area contributed by atoms with Gasteiger partial charge in [0.25, 0.3) is 0 Å². The number of aliphatic carboxylic acids is 1. The first-order chi connectivity index (χ1) is 9.78. The lowest BCUT2D eigenvalue weighted by atomic mass is 9.82. The fraction of sp³-hybridized carbons (Fsp3) is 0.846. The number of carboxylic acid groups (broad SMARTS) is 1. The van der Waals surface area contributed by atoms with E-state index in [2.05, 4.69) is 10.6 Å². The number of carboxylic acids is 1. The van der Waals surface area contributed by atoms with E-state index in [0.717, 1.165) is 12.8 Å². The van der Waals surface area contributed by atoms with Gasteiger partial charge in [0.2, 0.25) is 0 Å². The zero-order valence-electron chi connectivity index (χ0n) is 11.7. The van der Waals surface area contributed by atoms with Gasteiger partial charge in [0, 0.05) is 19.5 Å². The van der Waals surface area contributed by atoms with E-state index < -0.39 is 24.6 Å². The molecular weight excluding hydrogens is 289 g/mol. The molecule has 0 unspecified atom stereocenters. The van der Waals surface area contributed by atoms with E-state index in [4.69, 9.17) is 5.11 Å². The Morgan fingerprint density at radius 2 is 1.71 bits per heavy atom. The normalized spacial score (nSPS) is 22.6. The lowest BCUT2D eigenvalue weighted by molar-refractivity contribution is -0.143. The van der Waals surface area contributed by atoms with Gasteiger partial charge in [0.05, 0.1) is 5.92 Å². The molecule has 1 saturated carbocycles. The predicted octanol–water partition coefficient (Wildman–Crippen LogP) is 2.52. The molecule has 8 heteroatoms. The van der Waals surface area contributed by atoms with Crippen LogP contribution in [0.4, 0.5) is 18.0 Å². The number of hydrogen-bond acceptors (Lipinski definition) is 2. The molecule has 2 amide bonds. The van der Waals surface area contributed by atoms with Crippen molar-refractivity contribution in [1.29, 1.82) is 0 Å². The van der Waals surface area contributed by atoms with E-state index in [1.54, 1.807) is 0 Å². The summed E-state index contributed by atoms with van der Waals surface area (Å²) >= 11 is 0. The number of urea groups is 1. The molecule has 0 aromatic rings. The third kappa shape index (κ3) is 7.77. The van der Waals surface area contributed by atoms with Crippen molar-refractivity contribution in [2.24, 2.45) is 11.8 Å². The molecule has 0 radical (unpaired) electrons. The fourth-order valence-corrected chi connectivity index (χ4v) is 2.40. The molecule has 5 nitrogen and oxygen atoms in total. The summed E-state index contributed by atoms with van der Waals surface area (Å²) in [6.07, 6.45) is -2.55. The molecule has 122 valence electrons. The summed E-state index contributed by atoms with van der Waals surface area (Å²) in [7, 11) is 0. The van der Waals surface area contributed by atoms with E-state index in [-0.39, 0.29) is 24.8 Å². The topological polar surface area (TPSA) is 78.4 Å². The van der Waals surface area contributed by atoms with Crippen LogP contribution in [0.1, 0.15) is 38.5 Å². The number of rotatable bonds is 6. The van der Waals surface area contributed by atoms with Crippen LogP contribution in [0.15, 0.2) is 0 Å². The summed E-state index contributed by atoms with van der Waals surface area (Å²) in [6.45, 7) is 0.411. The van der Waals surface area contributed by atoms with Gasteiger partial charge in [-0.3, -0.25) is 4.79 Å². The van der Waals surface area contributed by atoms with Crippen LogP contribution in [0, 0.1) is 11.8 Å². The second-order valence-electron chi connectivity index (χ2n) is 5.41. The van der Waals surface area contributed by atoms with Crippen molar-refractivity contribution in [2.75, 3.05) is 13.1 Å². The number of halogens is 3. The lowest BCUT2D eigenvalue weighted by Crippen LogP contribution is -2.39. The summed E-state index contributed by atoms with van der Waals surface area (Å²) in [5.41, 5.74) is 0. The summed E-state index contributed by atoms with van der Waals surface area (Å²) in [5, 5.41) is 13.9. The molecular formula is C13H21F3N2O3. The molecule has 1 aliphatic rings. The molecule has 1 fully saturated rings. The Morgan fingerprint density at radius 3 is 2.24 bits per heavy atom. The highest BCUT2D eigenvalue weighted by Crippen LogP contribution is 2.28. The summed E-state index contributed by atoms with van der Waals surface area (Å²) < 4.78 is 35.7. The molecule has 0 bridgehead atoms. The summed E-state index contributed by atoms with van der Waals surface area (Å²) in [4.78, 5) is 22.2. The maximum Gasteiger partial charge on any atom is 0.389 e. The molecule has 0 heterocycles. The fourth-order valence-electron chi connectivity index (χ4n) is 2.40. The summed E-state index contributed by atoms with van der Waals surface area (Å²) in [6, 6.07) is -0.475. The second-order valence-corrected chi connectivity index (χ2v) is 5.41. The minimum Gasteiger partial charge on any atom is -0.481 e. The Bertz CT molecular complexity index is 353. The van der Waals surface area contributed by atoms with Gasteiger partial charge in [0.15, 0.2) is 0 Å². The van der Waals surface area contributed by atoms with Crippen LogP contribution in [0.25, 0.3) is 0 Å². The van der Waals surface area contributed by atoms with Crippen LogP contribution in [-0.4, -0.2) is 36.4 Å². The number of carbonyl (C=O) groups excluding carboxylic acids is 1. The van der Waals surface area contributed by atoms with Gasteiger partial charge in [-0.05, 0) is 38.0 Å². The Hall–Kier alpha value is -1.47. The molecule has 21 heavy (non-hydrogen) atoms. The van der Waals surface area contributed by atoms with Gasteiger partial charge in [-0.2, -0.15) is 13.2 Å². The number of amides is 2. The quantitative estimate of drug-likeness (QED) is 0.660. The van der Waals surface area contributed by atoms with Crippen molar-refractivity contribution in [3.63, 3.8) is 0 Å². The third-order valence-electron chi connectivity index (χ3n) is 3.67. The standard InChI is InChI=1S/C13H21F3N2O3/c14-13(15,16)6-1-7-17-12(21)18-8-9-2-4-10(5-3-9)11(19)20/h9-10H,1-8H2,(H,19,20)(H2,17,18,21). The minimum absolute atomic E-state index is 0.0168. The SMILES string of the molecule is O=C(NCCCC(F)(F)F)NCC1CCC(C(=O)O)CC1. The number of nitrogens with one attached hydrogen (secondary N) is 2. The number of alkyl halides is 3. The van der Waals surface area contributed by atoms with Gasteiger partial charge in [0.1, 0.15) is 0 Å². The van der Waals surface area contributed by atoms with Crippen molar-refractivity contribution in [3.05, 3.63) is 0 Å². The maximum atomic E-state index is 11.9. The highest BCUT2D eigenvalue weighted by molar-refractivity contribution is 5.73. The Morgan fingerprint density at radius 1 is 1.10 bits per heavy atom. The van der Waals surface area contributed by atoms with E-state index in [0.29, 0.717) is 19.4 Å². The molecule has 1 rings (SSSR count). The van der Waals surface area contributed by atoms with Crippen molar-refractivity contribution in [3.8, 4) is 0 Å². The number of hydrogen-bond donors (Lipinski definition) is 3. The molecule has 0 atom stereocenters. The molecule has 0 aliphatic heterocycles. The highest BCUT2D eigenvalue weighted by atomic mass is 19.4. The third-order valence-corrected chi connectivity index (χ3v) is 3.67. The monoisotopic (exact) mass is 310 g/mol. The van der Waals surface area contributed by atoms with Gasteiger partial charge >= 0.3 is 18.2 Å². The Kier molecular flexibility index (Phi) is 6.77. The average Bonchev–Trinajstić information content (AvgIpc) is 2.41. The van der Waals surface area contributed by atoms with Crippen LogP contribution < -0.4 is 10.6 Å². The highest BCUT2D eigenvalue weighted by Gasteiger charge is 2.27. The van der Waals surface area contributed by atoms with E-state index in [1.807, 2.05) is 0 Å². The van der Waals surface area contributed by atoms with Gasteiger partial charge in [-0.1, -0.05) is 0 Å². The minimum atomic E-state index is -4.19. The molecule has 0 saturated heterocycles. The van der Waals surface area contributed by atoms with E-state index >= 15 is 0 Å². The van der Waals surface area contributed by atoms with Gasteiger partial charge in [-0.15, -0.1) is 0 Å². The van der Waals surface area contributed by atoms with Gasteiger partial charge in [-0.25, -0.2) is 4.79 Å². The Balaban J connectivity index is 2.07.